The van der Waals surface area contributed by atoms with Gasteiger partial charge in [-0.25, -0.2) is 0 Å². The van der Waals surface area contributed by atoms with Crippen molar-refractivity contribution >= 4 is 17.3 Å². The van der Waals surface area contributed by atoms with Gasteiger partial charge in [-0.05, 0) is 29.8 Å². The van der Waals surface area contributed by atoms with E-state index in [4.69, 9.17) is 0 Å². The Kier molecular flexibility index (Phi) is 4.45. The number of benzene rings is 2. The second-order valence-electron chi connectivity index (χ2n) is 6.36. The third-order valence-corrected chi connectivity index (χ3v) is 4.48. The maximum absolute atomic E-state index is 12.7. The lowest BCUT2D eigenvalue weighted by Crippen LogP contribution is -2.34. The van der Waals surface area contributed by atoms with Crippen molar-refractivity contribution in [3.63, 3.8) is 0 Å². The lowest BCUT2D eigenvalue weighted by molar-refractivity contribution is -0.137. The minimum Gasteiger partial charge on any atom is -0.365 e. The van der Waals surface area contributed by atoms with E-state index in [1.807, 2.05) is 36.1 Å². The van der Waals surface area contributed by atoms with Crippen LogP contribution < -0.4 is 9.80 Å². The fourth-order valence-electron chi connectivity index (χ4n) is 3.14. The number of alkyl halides is 3. The van der Waals surface area contributed by atoms with Crippen molar-refractivity contribution in [2.75, 3.05) is 23.4 Å². The summed E-state index contributed by atoms with van der Waals surface area (Å²) in [6, 6.07) is 12.8. The Morgan fingerprint density at radius 1 is 1.04 bits per heavy atom. The quantitative estimate of drug-likeness (QED) is 0.807. The van der Waals surface area contributed by atoms with E-state index in [-0.39, 0.29) is 11.8 Å². The molecule has 0 N–H and O–H groups in total. The first-order valence-corrected chi connectivity index (χ1v) is 8.05. The Morgan fingerprint density at radius 3 is 2.24 bits per heavy atom. The standard InChI is InChI=1S/C19H19F3N2O/c1-13-11-24(12-14-7-9-15(10-8-14)19(20,21)22)17-6-4-3-5-16(17)23(2)18(13)25/h3-10,13H,11-12H2,1-2H3/t13-/m0/s1. The predicted octanol–water partition coefficient (Wildman–Crippen LogP) is 4.32. The number of anilines is 2. The van der Waals surface area contributed by atoms with Crippen molar-refractivity contribution in [2.24, 2.45) is 5.92 Å². The summed E-state index contributed by atoms with van der Waals surface area (Å²) < 4.78 is 38.1. The van der Waals surface area contributed by atoms with E-state index in [1.54, 1.807) is 11.9 Å². The van der Waals surface area contributed by atoms with Gasteiger partial charge in [0.05, 0.1) is 22.9 Å². The summed E-state index contributed by atoms with van der Waals surface area (Å²) in [4.78, 5) is 16.1. The molecule has 0 radical (unpaired) electrons. The number of halogens is 3. The molecule has 1 heterocycles. The Labute approximate surface area is 144 Å². The molecule has 0 spiro atoms. The molecule has 1 amide bonds. The van der Waals surface area contributed by atoms with Crippen LogP contribution in [0.5, 0.6) is 0 Å². The Hall–Kier alpha value is -2.50. The summed E-state index contributed by atoms with van der Waals surface area (Å²) in [5.74, 6) is -0.172. The van der Waals surface area contributed by atoms with Crippen LogP contribution in [0.1, 0.15) is 18.1 Å². The molecule has 2 aromatic rings. The first kappa shape index (κ1) is 17.3. The second kappa shape index (κ2) is 6.43. The lowest BCUT2D eigenvalue weighted by atomic mass is 10.1. The molecule has 6 heteroatoms. The molecule has 3 rings (SSSR count). The molecule has 1 aliphatic heterocycles. The fourth-order valence-corrected chi connectivity index (χ4v) is 3.14. The highest BCUT2D eigenvalue weighted by Gasteiger charge is 2.31. The number of nitrogens with zero attached hydrogens (tertiary/aromatic N) is 2. The molecule has 1 atom stereocenters. The van der Waals surface area contributed by atoms with Crippen LogP contribution in [0.15, 0.2) is 48.5 Å². The number of carbonyl (C=O) groups excluding carboxylic acids is 1. The van der Waals surface area contributed by atoms with E-state index in [0.717, 1.165) is 29.1 Å². The van der Waals surface area contributed by atoms with Gasteiger partial charge in [-0.3, -0.25) is 4.79 Å². The Morgan fingerprint density at radius 2 is 1.64 bits per heavy atom. The molecule has 25 heavy (non-hydrogen) atoms. The minimum absolute atomic E-state index is 0.0300. The number of amides is 1. The number of carbonyl (C=O) groups is 1. The van der Waals surface area contributed by atoms with Crippen LogP contribution in [-0.4, -0.2) is 19.5 Å². The summed E-state index contributed by atoms with van der Waals surface area (Å²) in [5.41, 5.74) is 1.83. The van der Waals surface area contributed by atoms with Gasteiger partial charge in [0.2, 0.25) is 5.91 Å². The largest absolute Gasteiger partial charge is 0.416 e. The van der Waals surface area contributed by atoms with E-state index >= 15 is 0 Å². The van der Waals surface area contributed by atoms with Crippen molar-refractivity contribution in [3.05, 3.63) is 59.7 Å². The van der Waals surface area contributed by atoms with Crippen LogP contribution in [0.2, 0.25) is 0 Å². The van der Waals surface area contributed by atoms with Gasteiger partial charge < -0.3 is 9.80 Å². The molecule has 0 saturated heterocycles. The Balaban J connectivity index is 1.91. The molecule has 0 saturated carbocycles. The zero-order chi connectivity index (χ0) is 18.2. The number of hydrogen-bond donors (Lipinski definition) is 0. The van der Waals surface area contributed by atoms with E-state index in [2.05, 4.69) is 0 Å². The first-order chi connectivity index (χ1) is 11.8. The van der Waals surface area contributed by atoms with E-state index < -0.39 is 11.7 Å². The van der Waals surface area contributed by atoms with Crippen molar-refractivity contribution < 1.29 is 18.0 Å². The molecule has 1 aliphatic rings. The Bertz CT molecular complexity index is 771. The van der Waals surface area contributed by atoms with Crippen LogP contribution in [0.25, 0.3) is 0 Å². The molecule has 3 nitrogen and oxygen atoms in total. The van der Waals surface area contributed by atoms with Crippen molar-refractivity contribution in [1.29, 1.82) is 0 Å². The third-order valence-electron chi connectivity index (χ3n) is 4.48. The van der Waals surface area contributed by atoms with Gasteiger partial charge in [0, 0.05) is 20.1 Å². The maximum atomic E-state index is 12.7. The van der Waals surface area contributed by atoms with Gasteiger partial charge >= 0.3 is 6.18 Å². The van der Waals surface area contributed by atoms with Crippen LogP contribution in [0.4, 0.5) is 24.5 Å². The topological polar surface area (TPSA) is 23.6 Å². The number of fused-ring (bicyclic) bond motifs is 1. The fraction of sp³-hybridized carbons (Fsp3) is 0.316. The van der Waals surface area contributed by atoms with Crippen molar-refractivity contribution in [2.45, 2.75) is 19.6 Å². The predicted molar refractivity (Wildman–Crippen MR) is 91.5 cm³/mol. The minimum atomic E-state index is -4.34. The van der Waals surface area contributed by atoms with Gasteiger partial charge in [-0.15, -0.1) is 0 Å². The molecule has 0 aromatic heterocycles. The average molecular weight is 348 g/mol. The van der Waals surface area contributed by atoms with Gasteiger partial charge in [0.1, 0.15) is 0 Å². The second-order valence-corrected chi connectivity index (χ2v) is 6.36. The van der Waals surface area contributed by atoms with Gasteiger partial charge in [0.15, 0.2) is 0 Å². The van der Waals surface area contributed by atoms with Crippen LogP contribution in [0.3, 0.4) is 0 Å². The summed E-state index contributed by atoms with van der Waals surface area (Å²) in [7, 11) is 1.75. The van der Waals surface area contributed by atoms with Crippen LogP contribution in [-0.2, 0) is 17.5 Å². The summed E-state index contributed by atoms with van der Waals surface area (Å²) in [5, 5.41) is 0. The highest BCUT2D eigenvalue weighted by Crippen LogP contribution is 2.34. The van der Waals surface area contributed by atoms with Crippen LogP contribution >= 0.6 is 0 Å². The zero-order valence-electron chi connectivity index (χ0n) is 14.0. The summed E-state index contributed by atoms with van der Waals surface area (Å²) in [6.07, 6.45) is -4.34. The SMILES string of the molecule is C[C@H]1CN(Cc2ccc(C(F)(F)F)cc2)c2ccccc2N(C)C1=O. The third kappa shape index (κ3) is 3.48. The molecular weight excluding hydrogens is 329 g/mol. The van der Waals surface area contributed by atoms with E-state index in [0.29, 0.717) is 13.1 Å². The summed E-state index contributed by atoms with van der Waals surface area (Å²) in [6.45, 7) is 2.83. The van der Waals surface area contributed by atoms with Gasteiger partial charge in [-0.1, -0.05) is 31.2 Å². The van der Waals surface area contributed by atoms with Gasteiger partial charge in [-0.2, -0.15) is 13.2 Å². The number of para-hydroxylation sites is 2. The van der Waals surface area contributed by atoms with Crippen LogP contribution in [0, 0.1) is 5.92 Å². The highest BCUT2D eigenvalue weighted by molar-refractivity contribution is 5.99. The maximum Gasteiger partial charge on any atom is 0.416 e. The van der Waals surface area contributed by atoms with Crippen molar-refractivity contribution in [3.8, 4) is 0 Å². The molecule has 0 fully saturated rings. The summed E-state index contributed by atoms with van der Waals surface area (Å²) >= 11 is 0. The molecule has 2 aromatic carbocycles. The lowest BCUT2D eigenvalue weighted by Gasteiger charge is -2.26. The molecule has 0 aliphatic carbocycles. The zero-order valence-corrected chi connectivity index (χ0v) is 14.0. The van der Waals surface area contributed by atoms with E-state index in [1.165, 1.54) is 12.1 Å². The monoisotopic (exact) mass is 348 g/mol. The number of rotatable bonds is 2. The van der Waals surface area contributed by atoms with E-state index in [9.17, 15) is 18.0 Å². The molecule has 0 unspecified atom stereocenters. The number of hydrogen-bond acceptors (Lipinski definition) is 2. The van der Waals surface area contributed by atoms with Gasteiger partial charge in [0.25, 0.3) is 0 Å². The van der Waals surface area contributed by atoms with Crippen molar-refractivity contribution in [1.82, 2.24) is 0 Å². The molecule has 0 bridgehead atoms. The first-order valence-electron chi connectivity index (χ1n) is 8.05. The normalized spacial score (nSPS) is 18.1. The highest BCUT2D eigenvalue weighted by atomic mass is 19.4. The molecule has 132 valence electrons. The molecular formula is C19H19F3N2O. The smallest absolute Gasteiger partial charge is 0.365 e. The average Bonchev–Trinajstić information content (AvgIpc) is 2.67.